The second-order valence-corrected chi connectivity index (χ2v) is 9.40. The Hall–Kier alpha value is -3.29. The van der Waals surface area contributed by atoms with E-state index in [1.54, 1.807) is 12.3 Å². The van der Waals surface area contributed by atoms with E-state index >= 15 is 0 Å². The van der Waals surface area contributed by atoms with Crippen molar-refractivity contribution in [1.29, 1.82) is 0 Å². The van der Waals surface area contributed by atoms with Gasteiger partial charge in [-0.05, 0) is 47.9 Å². The Bertz CT molecular complexity index is 1440. The van der Waals surface area contributed by atoms with Gasteiger partial charge in [-0.25, -0.2) is 14.4 Å². The normalized spacial score (nSPS) is 14.8. The van der Waals surface area contributed by atoms with Gasteiger partial charge in [0.2, 0.25) is 5.95 Å². The van der Waals surface area contributed by atoms with Crippen LogP contribution in [0.3, 0.4) is 0 Å². The van der Waals surface area contributed by atoms with Crippen LogP contribution in [0.25, 0.3) is 16.6 Å². The zero-order chi connectivity index (χ0) is 23.3. The van der Waals surface area contributed by atoms with Gasteiger partial charge in [0.05, 0.1) is 15.9 Å². The fourth-order valence-corrected chi connectivity index (χ4v) is 4.69. The smallest absolute Gasteiger partial charge is 0.266 e. The van der Waals surface area contributed by atoms with Crippen LogP contribution in [-0.2, 0) is 12.0 Å². The van der Waals surface area contributed by atoms with Crippen molar-refractivity contribution in [1.82, 2.24) is 19.9 Å². The summed E-state index contributed by atoms with van der Waals surface area (Å²) in [7, 11) is 0. The molecule has 2 aromatic heterocycles. The van der Waals surface area contributed by atoms with Crippen LogP contribution in [0, 0.1) is 12.7 Å². The molecule has 0 amide bonds. The predicted octanol–water partition coefficient (Wildman–Crippen LogP) is 5.01. The minimum absolute atomic E-state index is 0.0157. The largest absolute Gasteiger partial charge is 0.324 e. The minimum atomic E-state index is -0.576. The van der Waals surface area contributed by atoms with Crippen LogP contribution in [-0.4, -0.2) is 21.1 Å². The van der Waals surface area contributed by atoms with Crippen LogP contribution in [0.2, 0.25) is 5.02 Å². The summed E-state index contributed by atoms with van der Waals surface area (Å²) in [6.45, 7) is 8.01. The van der Waals surface area contributed by atoms with E-state index in [9.17, 15) is 9.18 Å². The number of nitrogens with zero attached hydrogens (tertiary/aromatic N) is 3. The Labute approximate surface area is 195 Å². The number of aromatic nitrogens is 3. The van der Waals surface area contributed by atoms with E-state index in [-0.39, 0.29) is 21.5 Å². The van der Waals surface area contributed by atoms with Crippen molar-refractivity contribution in [3.63, 3.8) is 0 Å². The molecule has 5 rings (SSSR count). The van der Waals surface area contributed by atoms with Crippen LogP contribution in [0.5, 0.6) is 0 Å². The molecule has 0 spiro atoms. The van der Waals surface area contributed by atoms with Gasteiger partial charge in [-0.2, -0.15) is 0 Å². The van der Waals surface area contributed by atoms with Crippen molar-refractivity contribution >= 4 is 34.1 Å². The third kappa shape index (κ3) is 3.77. The molecule has 33 heavy (non-hydrogen) atoms. The molecule has 4 aromatic rings. The number of benzene rings is 2. The molecule has 2 aromatic carbocycles. The van der Waals surface area contributed by atoms with Crippen molar-refractivity contribution in [3.8, 4) is 5.69 Å². The molecule has 8 heteroatoms. The number of hydrogen-bond acceptors (Lipinski definition) is 5. The highest BCUT2D eigenvalue weighted by Crippen LogP contribution is 2.32. The number of fused-ring (bicyclic) bond motifs is 2. The maximum Gasteiger partial charge on any atom is 0.266 e. The SMILES string of the molecule is Cc1cn(-c2c(F)cccc2Cl)c(=O)c2cnc(Nc3ccc4c(c3)CNCC4(C)C)nc12. The Balaban J connectivity index is 1.54. The highest BCUT2D eigenvalue weighted by atomic mass is 35.5. The molecule has 1 aliphatic heterocycles. The molecule has 0 saturated carbocycles. The minimum Gasteiger partial charge on any atom is -0.324 e. The lowest BCUT2D eigenvalue weighted by molar-refractivity contribution is 0.435. The molecule has 2 N–H and O–H groups in total. The number of anilines is 2. The van der Waals surface area contributed by atoms with Gasteiger partial charge in [-0.3, -0.25) is 9.36 Å². The van der Waals surface area contributed by atoms with E-state index in [1.165, 1.54) is 34.0 Å². The second-order valence-electron chi connectivity index (χ2n) is 9.00. The Kier molecular flexibility index (Phi) is 5.18. The van der Waals surface area contributed by atoms with Gasteiger partial charge in [0.1, 0.15) is 11.5 Å². The van der Waals surface area contributed by atoms with Crippen LogP contribution in [0.15, 0.2) is 53.6 Å². The zero-order valence-electron chi connectivity index (χ0n) is 18.5. The average Bonchev–Trinajstić information content (AvgIpc) is 2.76. The number of rotatable bonds is 3. The summed E-state index contributed by atoms with van der Waals surface area (Å²) in [6, 6.07) is 10.6. The van der Waals surface area contributed by atoms with Crippen molar-refractivity contribution in [3.05, 3.63) is 86.7 Å². The van der Waals surface area contributed by atoms with Gasteiger partial charge in [0, 0.05) is 36.6 Å². The molecule has 3 heterocycles. The molecule has 6 nitrogen and oxygen atoms in total. The van der Waals surface area contributed by atoms with Gasteiger partial charge >= 0.3 is 0 Å². The first-order chi connectivity index (χ1) is 15.7. The maximum atomic E-state index is 14.4. The van der Waals surface area contributed by atoms with Crippen LogP contribution in [0.1, 0.15) is 30.5 Å². The quantitative estimate of drug-likeness (QED) is 0.447. The number of pyridine rings is 1. The average molecular weight is 464 g/mol. The Morgan fingerprint density at radius 1 is 1.24 bits per heavy atom. The molecule has 168 valence electrons. The monoisotopic (exact) mass is 463 g/mol. The first kappa shape index (κ1) is 21.6. The molecule has 1 aliphatic rings. The highest BCUT2D eigenvalue weighted by Gasteiger charge is 2.27. The lowest BCUT2D eigenvalue weighted by Gasteiger charge is -2.33. The summed E-state index contributed by atoms with van der Waals surface area (Å²) in [4.78, 5) is 22.0. The summed E-state index contributed by atoms with van der Waals surface area (Å²) in [5.41, 5.74) is 4.29. The molecule has 0 radical (unpaired) electrons. The Morgan fingerprint density at radius 2 is 2.06 bits per heavy atom. The number of nitrogens with one attached hydrogen (secondary N) is 2. The van der Waals surface area contributed by atoms with Gasteiger partial charge in [0.25, 0.3) is 5.56 Å². The first-order valence-corrected chi connectivity index (χ1v) is 11.1. The Morgan fingerprint density at radius 3 is 2.85 bits per heavy atom. The fraction of sp³-hybridized carbons (Fsp3) is 0.240. The standard InChI is InChI=1S/C25H23ClFN5O/c1-14-12-32(22-19(26)5-4-6-20(22)27)23(33)17-11-29-24(31-21(14)17)30-16-7-8-18-15(9-16)10-28-13-25(18,2)3/h4-9,11-12,28H,10,13H2,1-3H3,(H,29,30,31). The lowest BCUT2D eigenvalue weighted by Crippen LogP contribution is -2.38. The molecule has 0 atom stereocenters. The molecular weight excluding hydrogens is 441 g/mol. The van der Waals surface area contributed by atoms with E-state index in [1.807, 2.05) is 13.0 Å². The van der Waals surface area contributed by atoms with E-state index in [0.29, 0.717) is 17.0 Å². The summed E-state index contributed by atoms with van der Waals surface area (Å²) in [5.74, 6) is -0.192. The number of aryl methyl sites for hydroxylation is 1. The summed E-state index contributed by atoms with van der Waals surface area (Å²) in [6.07, 6.45) is 3.02. The van der Waals surface area contributed by atoms with E-state index in [2.05, 4.69) is 46.6 Å². The molecule has 0 saturated heterocycles. The second kappa shape index (κ2) is 7.93. The summed E-state index contributed by atoms with van der Waals surface area (Å²) in [5, 5.41) is 7.14. The molecule has 0 unspecified atom stereocenters. The highest BCUT2D eigenvalue weighted by molar-refractivity contribution is 6.32. The summed E-state index contributed by atoms with van der Waals surface area (Å²) < 4.78 is 15.6. The predicted molar refractivity (Wildman–Crippen MR) is 129 cm³/mol. The van der Waals surface area contributed by atoms with Crippen LogP contribution in [0.4, 0.5) is 16.0 Å². The van der Waals surface area contributed by atoms with Crippen LogP contribution >= 0.6 is 11.6 Å². The van der Waals surface area contributed by atoms with Gasteiger partial charge in [0.15, 0.2) is 0 Å². The van der Waals surface area contributed by atoms with Crippen molar-refractivity contribution < 1.29 is 4.39 Å². The summed E-state index contributed by atoms with van der Waals surface area (Å²) >= 11 is 6.18. The lowest BCUT2D eigenvalue weighted by atomic mass is 9.79. The van der Waals surface area contributed by atoms with Gasteiger partial charge in [-0.15, -0.1) is 0 Å². The molecule has 0 aliphatic carbocycles. The van der Waals surface area contributed by atoms with E-state index in [0.717, 1.165) is 18.8 Å². The van der Waals surface area contributed by atoms with E-state index < -0.39 is 11.4 Å². The van der Waals surface area contributed by atoms with Crippen molar-refractivity contribution in [2.24, 2.45) is 0 Å². The first-order valence-electron chi connectivity index (χ1n) is 10.7. The van der Waals surface area contributed by atoms with Crippen molar-refractivity contribution in [2.75, 3.05) is 11.9 Å². The number of para-hydroxylation sites is 1. The van der Waals surface area contributed by atoms with E-state index in [4.69, 9.17) is 11.6 Å². The number of halogens is 2. The number of hydrogen-bond donors (Lipinski definition) is 2. The molecule has 0 bridgehead atoms. The molecular formula is C25H23ClFN5O. The zero-order valence-corrected chi connectivity index (χ0v) is 19.3. The fourth-order valence-electron chi connectivity index (χ4n) is 4.44. The van der Waals surface area contributed by atoms with Gasteiger partial charge in [-0.1, -0.05) is 37.6 Å². The maximum absolute atomic E-state index is 14.4. The third-order valence-corrected chi connectivity index (χ3v) is 6.39. The van der Waals surface area contributed by atoms with Crippen LogP contribution < -0.4 is 16.2 Å². The molecule has 0 fully saturated rings. The van der Waals surface area contributed by atoms with Gasteiger partial charge < -0.3 is 10.6 Å². The topological polar surface area (TPSA) is 71.8 Å². The third-order valence-electron chi connectivity index (χ3n) is 6.09. The van der Waals surface area contributed by atoms with Crippen molar-refractivity contribution in [2.45, 2.75) is 32.7 Å².